The van der Waals surface area contributed by atoms with Crippen LogP contribution in [0.25, 0.3) is 0 Å². The van der Waals surface area contributed by atoms with Gasteiger partial charge < -0.3 is 4.74 Å². The van der Waals surface area contributed by atoms with E-state index in [4.69, 9.17) is 4.74 Å². The Hall–Kier alpha value is -1.05. The molecule has 9 atom stereocenters. The first-order valence-corrected chi connectivity index (χ1v) is 14.2. The third-order valence-electron chi connectivity index (χ3n) is 11.1. The Balaban J connectivity index is 1.50. The molecular weight excluding hydrogens is 404 g/mol. The van der Waals surface area contributed by atoms with Gasteiger partial charge in [0.2, 0.25) is 0 Å². The summed E-state index contributed by atoms with van der Waals surface area (Å²) in [6.07, 6.45) is 19.3. The summed E-state index contributed by atoms with van der Waals surface area (Å²) >= 11 is 0. The van der Waals surface area contributed by atoms with Crippen LogP contribution in [0, 0.1) is 52.3 Å². The second-order valence-electron chi connectivity index (χ2n) is 13.0. The van der Waals surface area contributed by atoms with Crippen LogP contribution in [0.15, 0.2) is 23.8 Å². The number of hydrogen-bond donors (Lipinski definition) is 0. The fraction of sp³-hybridized carbons (Fsp3) is 0.839. The van der Waals surface area contributed by atoms with Crippen molar-refractivity contribution in [2.75, 3.05) is 0 Å². The molecule has 3 saturated carbocycles. The highest BCUT2D eigenvalue weighted by Gasteiger charge is 2.58. The van der Waals surface area contributed by atoms with E-state index in [1.165, 1.54) is 44.9 Å². The maximum atomic E-state index is 11.5. The largest absolute Gasteiger partial charge is 0.463 e. The SMILES string of the molecule is CC[C@H](/C=C\[C@H](C)[C@@H]1CC[C@@H]2C3=CC[C@@H]4C[C@H](OC(C)=O)CC[C@]4(C)[C@@H]3CC[C@]21C)C(C)C. The number of carbonyl (C=O) groups excluding carboxylic acids is 1. The second kappa shape index (κ2) is 9.54. The lowest BCUT2D eigenvalue weighted by Crippen LogP contribution is -2.50. The highest BCUT2D eigenvalue weighted by atomic mass is 16.5. The van der Waals surface area contributed by atoms with Gasteiger partial charge in [0.05, 0.1) is 0 Å². The lowest BCUT2D eigenvalue weighted by atomic mass is 9.47. The molecule has 4 aliphatic carbocycles. The molecule has 186 valence electrons. The van der Waals surface area contributed by atoms with Crippen molar-refractivity contribution in [3.05, 3.63) is 23.8 Å². The van der Waals surface area contributed by atoms with Crippen molar-refractivity contribution in [3.8, 4) is 0 Å². The summed E-state index contributed by atoms with van der Waals surface area (Å²) < 4.78 is 5.64. The number of esters is 1. The molecule has 2 heteroatoms. The summed E-state index contributed by atoms with van der Waals surface area (Å²) in [6.45, 7) is 16.3. The Morgan fingerprint density at radius 3 is 2.42 bits per heavy atom. The van der Waals surface area contributed by atoms with Crippen LogP contribution in [0.3, 0.4) is 0 Å². The summed E-state index contributed by atoms with van der Waals surface area (Å²) in [7, 11) is 0. The van der Waals surface area contributed by atoms with E-state index < -0.39 is 0 Å². The maximum absolute atomic E-state index is 11.5. The number of allylic oxidation sites excluding steroid dienone is 4. The summed E-state index contributed by atoms with van der Waals surface area (Å²) in [4.78, 5) is 11.5. The molecule has 0 aromatic carbocycles. The molecule has 4 aliphatic rings. The molecule has 0 unspecified atom stereocenters. The summed E-state index contributed by atoms with van der Waals surface area (Å²) in [5, 5.41) is 0. The van der Waals surface area contributed by atoms with E-state index in [1.54, 1.807) is 6.92 Å². The Bertz CT molecular complexity index is 778. The first-order valence-electron chi connectivity index (χ1n) is 14.2. The lowest BCUT2D eigenvalue weighted by molar-refractivity contribution is -0.152. The molecule has 0 radical (unpaired) electrons. The molecule has 0 aliphatic heterocycles. The van der Waals surface area contributed by atoms with Crippen LogP contribution < -0.4 is 0 Å². The Labute approximate surface area is 204 Å². The van der Waals surface area contributed by atoms with Crippen molar-refractivity contribution in [1.82, 2.24) is 0 Å². The molecule has 0 aromatic rings. The van der Waals surface area contributed by atoms with Crippen molar-refractivity contribution in [2.24, 2.45) is 52.3 Å². The van der Waals surface area contributed by atoms with Crippen LogP contribution in [-0.4, -0.2) is 12.1 Å². The van der Waals surface area contributed by atoms with Gasteiger partial charge in [-0.3, -0.25) is 4.79 Å². The second-order valence-corrected chi connectivity index (χ2v) is 13.0. The third-order valence-corrected chi connectivity index (χ3v) is 11.1. The topological polar surface area (TPSA) is 26.3 Å². The molecule has 3 fully saturated rings. The van der Waals surface area contributed by atoms with Gasteiger partial charge in [-0.05, 0) is 110 Å². The monoisotopic (exact) mass is 454 g/mol. The van der Waals surface area contributed by atoms with Gasteiger partial charge in [-0.2, -0.15) is 0 Å². The number of carbonyl (C=O) groups is 1. The van der Waals surface area contributed by atoms with Crippen molar-refractivity contribution >= 4 is 5.97 Å². The van der Waals surface area contributed by atoms with Gasteiger partial charge in [-0.1, -0.05) is 65.3 Å². The minimum atomic E-state index is -0.108. The van der Waals surface area contributed by atoms with Crippen molar-refractivity contribution in [3.63, 3.8) is 0 Å². The van der Waals surface area contributed by atoms with Crippen LogP contribution in [0.4, 0.5) is 0 Å². The number of rotatable bonds is 6. The first-order chi connectivity index (χ1) is 15.6. The van der Waals surface area contributed by atoms with Gasteiger partial charge in [0.1, 0.15) is 6.10 Å². The van der Waals surface area contributed by atoms with E-state index in [0.717, 1.165) is 36.5 Å². The Morgan fingerprint density at radius 1 is 1.06 bits per heavy atom. The van der Waals surface area contributed by atoms with E-state index in [1.807, 2.05) is 5.57 Å². The molecule has 0 saturated heterocycles. The zero-order valence-electron chi connectivity index (χ0n) is 22.5. The molecule has 0 heterocycles. The summed E-state index contributed by atoms with van der Waals surface area (Å²) in [5.74, 6) is 5.05. The van der Waals surface area contributed by atoms with Crippen LogP contribution in [0.5, 0.6) is 0 Å². The zero-order chi connectivity index (χ0) is 24.0. The first kappa shape index (κ1) is 25.1. The maximum Gasteiger partial charge on any atom is 0.302 e. The van der Waals surface area contributed by atoms with Gasteiger partial charge >= 0.3 is 5.97 Å². The van der Waals surface area contributed by atoms with E-state index in [9.17, 15) is 4.79 Å². The summed E-state index contributed by atoms with van der Waals surface area (Å²) in [6, 6.07) is 0. The van der Waals surface area contributed by atoms with Crippen molar-refractivity contribution in [2.45, 2.75) is 112 Å². The van der Waals surface area contributed by atoms with E-state index in [0.29, 0.717) is 28.6 Å². The predicted molar refractivity (Wildman–Crippen MR) is 138 cm³/mol. The van der Waals surface area contributed by atoms with Gasteiger partial charge in [0, 0.05) is 6.92 Å². The smallest absolute Gasteiger partial charge is 0.302 e. The molecular formula is C31H50O2. The molecule has 0 N–H and O–H groups in total. The minimum absolute atomic E-state index is 0.108. The average Bonchev–Trinajstić information content (AvgIpc) is 3.11. The van der Waals surface area contributed by atoms with Crippen LogP contribution in [0.1, 0.15) is 106 Å². The number of ether oxygens (including phenoxy) is 1. The van der Waals surface area contributed by atoms with Crippen molar-refractivity contribution in [1.29, 1.82) is 0 Å². The van der Waals surface area contributed by atoms with E-state index >= 15 is 0 Å². The molecule has 0 bridgehead atoms. The van der Waals surface area contributed by atoms with Gasteiger partial charge in [-0.25, -0.2) is 0 Å². The quantitative estimate of drug-likeness (QED) is 0.297. The number of fused-ring (bicyclic) bond motifs is 5. The minimum Gasteiger partial charge on any atom is -0.463 e. The molecule has 0 spiro atoms. The number of hydrogen-bond acceptors (Lipinski definition) is 2. The average molecular weight is 455 g/mol. The van der Waals surface area contributed by atoms with Gasteiger partial charge in [0.15, 0.2) is 0 Å². The molecule has 2 nitrogen and oxygen atoms in total. The standard InChI is InChI=1S/C31H50O2/c1-8-23(20(2)3)10-9-21(4)27-13-14-28-26-12-11-24-19-25(33-22(5)32)15-17-30(24,6)29(26)16-18-31(27,28)7/h9-10,12,20-21,23-25,27-29H,8,11,13-19H2,1-7H3/b10-9-/t21-,23+,24+,25+,27-,28+,29+,30-,31-/m0/s1. The Kier molecular flexibility index (Phi) is 7.24. The fourth-order valence-corrected chi connectivity index (χ4v) is 9.00. The normalized spacial score (nSPS) is 42.3. The molecule has 0 amide bonds. The highest BCUT2D eigenvalue weighted by Crippen LogP contribution is 2.66. The summed E-state index contributed by atoms with van der Waals surface area (Å²) in [5.41, 5.74) is 2.70. The van der Waals surface area contributed by atoms with Crippen LogP contribution in [0.2, 0.25) is 0 Å². The zero-order valence-corrected chi connectivity index (χ0v) is 22.5. The molecule has 33 heavy (non-hydrogen) atoms. The fourth-order valence-electron chi connectivity index (χ4n) is 9.00. The lowest BCUT2D eigenvalue weighted by Gasteiger charge is -2.58. The van der Waals surface area contributed by atoms with E-state index in [-0.39, 0.29) is 12.1 Å². The van der Waals surface area contributed by atoms with E-state index in [2.05, 4.69) is 59.8 Å². The molecule has 0 aromatic heterocycles. The molecule has 4 rings (SSSR count). The van der Waals surface area contributed by atoms with Crippen LogP contribution in [-0.2, 0) is 9.53 Å². The van der Waals surface area contributed by atoms with Gasteiger partial charge in [0.25, 0.3) is 0 Å². The third kappa shape index (κ3) is 4.50. The Morgan fingerprint density at radius 2 is 1.76 bits per heavy atom. The highest BCUT2D eigenvalue weighted by molar-refractivity contribution is 5.66. The predicted octanol–water partition coefficient (Wildman–Crippen LogP) is 8.37. The van der Waals surface area contributed by atoms with Crippen LogP contribution >= 0.6 is 0 Å². The van der Waals surface area contributed by atoms with Gasteiger partial charge in [-0.15, -0.1) is 0 Å². The van der Waals surface area contributed by atoms with Crippen molar-refractivity contribution < 1.29 is 9.53 Å².